The van der Waals surface area contributed by atoms with Gasteiger partial charge in [-0.25, -0.2) is 4.79 Å². The van der Waals surface area contributed by atoms with E-state index in [4.69, 9.17) is 16.3 Å². The summed E-state index contributed by atoms with van der Waals surface area (Å²) in [5.74, 6) is -0.685. The lowest BCUT2D eigenvalue weighted by Gasteiger charge is -2.19. The average Bonchev–Trinajstić information content (AvgIpc) is 2.70. The molecule has 0 aliphatic rings. The van der Waals surface area contributed by atoms with Crippen molar-refractivity contribution < 1.29 is 19.1 Å². The predicted molar refractivity (Wildman–Crippen MR) is 122 cm³/mol. The highest BCUT2D eigenvalue weighted by atomic mass is 35.5. The zero-order valence-electron chi connectivity index (χ0n) is 17.7. The first-order valence-electron chi connectivity index (χ1n) is 9.68. The molecule has 2 aromatic carbocycles. The molecule has 0 bridgehead atoms. The normalized spacial score (nSPS) is 11.1. The van der Waals surface area contributed by atoms with Crippen LogP contribution in [0.3, 0.4) is 0 Å². The highest BCUT2D eigenvalue weighted by Gasteiger charge is 2.16. The van der Waals surface area contributed by atoms with Crippen molar-refractivity contribution in [2.24, 2.45) is 0 Å². The lowest BCUT2D eigenvalue weighted by atomic mass is 10.1. The van der Waals surface area contributed by atoms with Gasteiger partial charge in [-0.15, -0.1) is 0 Å². The number of rotatable bonds is 7. The Bertz CT molecular complexity index is 950. The number of ether oxygens (including phenoxy) is 1. The van der Waals surface area contributed by atoms with Crippen LogP contribution in [-0.2, 0) is 20.9 Å². The molecule has 0 atom stereocenters. The van der Waals surface area contributed by atoms with Crippen LogP contribution >= 0.6 is 11.6 Å². The fourth-order valence-corrected chi connectivity index (χ4v) is 2.57. The molecule has 31 heavy (non-hydrogen) atoms. The number of alkyl carbamates (subject to hydrolysis) is 1. The van der Waals surface area contributed by atoms with E-state index < -0.39 is 17.6 Å². The van der Waals surface area contributed by atoms with Crippen molar-refractivity contribution >= 4 is 41.3 Å². The van der Waals surface area contributed by atoms with Crippen molar-refractivity contribution in [3.63, 3.8) is 0 Å². The van der Waals surface area contributed by atoms with Gasteiger partial charge in [-0.1, -0.05) is 41.9 Å². The molecule has 8 heteroatoms. The quantitative estimate of drug-likeness (QED) is 0.560. The molecule has 7 nitrogen and oxygen atoms in total. The zero-order chi connectivity index (χ0) is 22.9. The molecule has 0 fully saturated rings. The van der Waals surface area contributed by atoms with E-state index >= 15 is 0 Å². The molecule has 3 amide bonds. The first-order chi connectivity index (χ1) is 14.6. The Morgan fingerprint density at radius 3 is 2.35 bits per heavy atom. The van der Waals surface area contributed by atoms with Gasteiger partial charge in [0.2, 0.25) is 11.8 Å². The van der Waals surface area contributed by atoms with Crippen LogP contribution in [0.2, 0.25) is 5.02 Å². The third-order valence-corrected chi connectivity index (χ3v) is 4.09. The van der Waals surface area contributed by atoms with Crippen LogP contribution in [0, 0.1) is 0 Å². The molecule has 3 N–H and O–H groups in total. The summed E-state index contributed by atoms with van der Waals surface area (Å²) < 4.78 is 5.10. The van der Waals surface area contributed by atoms with Crippen molar-refractivity contribution in [3.8, 4) is 0 Å². The van der Waals surface area contributed by atoms with Gasteiger partial charge < -0.3 is 20.7 Å². The highest BCUT2D eigenvalue weighted by Crippen LogP contribution is 2.15. The Kier molecular flexibility index (Phi) is 8.63. The van der Waals surface area contributed by atoms with Crippen molar-refractivity contribution in [1.29, 1.82) is 0 Å². The Labute approximate surface area is 186 Å². The van der Waals surface area contributed by atoms with Crippen molar-refractivity contribution in [2.45, 2.75) is 32.9 Å². The first kappa shape index (κ1) is 24.0. The molecule has 0 saturated carbocycles. The third kappa shape index (κ3) is 9.35. The minimum Gasteiger partial charge on any atom is -0.444 e. The van der Waals surface area contributed by atoms with Crippen LogP contribution in [0.5, 0.6) is 0 Å². The molecule has 164 valence electrons. The molecule has 0 unspecified atom stereocenters. The maximum atomic E-state index is 12.2. The van der Waals surface area contributed by atoms with Crippen molar-refractivity contribution in [3.05, 3.63) is 70.8 Å². The SMILES string of the molecule is CC(C)(C)OC(=O)NCC(=O)Nc1ccccc1CNC(=O)/C=C/c1ccc(Cl)cc1. The summed E-state index contributed by atoms with van der Waals surface area (Å²) in [7, 11) is 0. The summed E-state index contributed by atoms with van der Waals surface area (Å²) in [6, 6.07) is 14.2. The third-order valence-electron chi connectivity index (χ3n) is 3.83. The number of carbonyl (C=O) groups is 3. The summed E-state index contributed by atoms with van der Waals surface area (Å²) in [6.45, 7) is 5.20. The van der Waals surface area contributed by atoms with E-state index in [0.717, 1.165) is 11.1 Å². The second-order valence-electron chi connectivity index (χ2n) is 7.66. The van der Waals surface area contributed by atoms with Gasteiger partial charge in [0, 0.05) is 23.3 Å². The fourth-order valence-electron chi connectivity index (χ4n) is 2.44. The number of anilines is 1. The second-order valence-corrected chi connectivity index (χ2v) is 8.10. The molecule has 0 saturated heterocycles. The number of amides is 3. The van der Waals surface area contributed by atoms with Crippen LogP contribution in [-0.4, -0.2) is 30.1 Å². The van der Waals surface area contributed by atoms with Gasteiger partial charge in [0.1, 0.15) is 12.1 Å². The monoisotopic (exact) mass is 443 g/mol. The topological polar surface area (TPSA) is 96.5 Å². The van der Waals surface area contributed by atoms with E-state index in [0.29, 0.717) is 10.7 Å². The number of carbonyl (C=O) groups excluding carboxylic acids is 3. The van der Waals surface area contributed by atoms with Crippen LogP contribution in [0.1, 0.15) is 31.9 Å². The van der Waals surface area contributed by atoms with Crippen LogP contribution in [0.25, 0.3) is 6.08 Å². The molecular formula is C23H26ClN3O4. The van der Waals surface area contributed by atoms with E-state index in [1.807, 2.05) is 12.1 Å². The summed E-state index contributed by atoms with van der Waals surface area (Å²) in [4.78, 5) is 35.9. The van der Waals surface area contributed by atoms with Gasteiger partial charge in [-0.3, -0.25) is 9.59 Å². The van der Waals surface area contributed by atoms with Gasteiger partial charge in [0.15, 0.2) is 0 Å². The molecule has 0 aromatic heterocycles. The molecule has 0 radical (unpaired) electrons. The standard InChI is InChI=1S/C23H26ClN3O4/c1-23(2,3)31-22(30)26-15-21(29)27-19-7-5-4-6-17(19)14-25-20(28)13-10-16-8-11-18(24)12-9-16/h4-13H,14-15H2,1-3H3,(H,25,28)(H,26,30)(H,27,29)/b13-10+. The summed E-state index contributed by atoms with van der Waals surface area (Å²) >= 11 is 5.84. The molecule has 2 rings (SSSR count). The van der Waals surface area contributed by atoms with Crippen LogP contribution in [0.15, 0.2) is 54.6 Å². The van der Waals surface area contributed by atoms with Gasteiger partial charge in [-0.2, -0.15) is 0 Å². The minimum absolute atomic E-state index is 0.222. The Balaban J connectivity index is 1.87. The molecule has 0 heterocycles. The van der Waals surface area contributed by atoms with E-state index in [2.05, 4.69) is 16.0 Å². The largest absolute Gasteiger partial charge is 0.444 e. The number of hydrogen-bond acceptors (Lipinski definition) is 4. The molecule has 0 aliphatic heterocycles. The maximum Gasteiger partial charge on any atom is 0.408 e. The van der Waals surface area contributed by atoms with E-state index in [1.54, 1.807) is 63.2 Å². The lowest BCUT2D eigenvalue weighted by molar-refractivity contribution is -0.116. The molecule has 2 aromatic rings. The van der Waals surface area contributed by atoms with Gasteiger partial charge >= 0.3 is 6.09 Å². The van der Waals surface area contributed by atoms with E-state index in [9.17, 15) is 14.4 Å². The second kappa shape index (κ2) is 11.2. The van der Waals surface area contributed by atoms with Gasteiger partial charge in [-0.05, 0) is 56.2 Å². The average molecular weight is 444 g/mol. The summed E-state index contributed by atoms with van der Waals surface area (Å²) in [5.41, 5.74) is 1.47. The number of nitrogens with one attached hydrogen (secondary N) is 3. The molecule has 0 aliphatic carbocycles. The highest BCUT2D eigenvalue weighted by molar-refractivity contribution is 6.30. The van der Waals surface area contributed by atoms with E-state index in [-0.39, 0.29) is 19.0 Å². The Hall–Kier alpha value is -3.32. The number of para-hydroxylation sites is 1. The van der Waals surface area contributed by atoms with Crippen LogP contribution < -0.4 is 16.0 Å². The van der Waals surface area contributed by atoms with Crippen LogP contribution in [0.4, 0.5) is 10.5 Å². The number of halogens is 1. The van der Waals surface area contributed by atoms with E-state index in [1.165, 1.54) is 6.08 Å². The molecule has 0 spiro atoms. The fraction of sp³-hybridized carbons (Fsp3) is 0.261. The Morgan fingerprint density at radius 1 is 1.00 bits per heavy atom. The van der Waals surface area contributed by atoms with Gasteiger partial charge in [0.05, 0.1) is 0 Å². The Morgan fingerprint density at radius 2 is 1.68 bits per heavy atom. The van der Waals surface area contributed by atoms with Crippen molar-refractivity contribution in [2.75, 3.05) is 11.9 Å². The predicted octanol–water partition coefficient (Wildman–Crippen LogP) is 4.13. The van der Waals surface area contributed by atoms with Crippen molar-refractivity contribution in [1.82, 2.24) is 10.6 Å². The minimum atomic E-state index is -0.671. The zero-order valence-corrected chi connectivity index (χ0v) is 18.5. The summed E-state index contributed by atoms with van der Waals surface area (Å²) in [6.07, 6.45) is 2.44. The molecular weight excluding hydrogens is 418 g/mol. The number of benzene rings is 2. The van der Waals surface area contributed by atoms with Gasteiger partial charge in [0.25, 0.3) is 0 Å². The number of hydrogen-bond donors (Lipinski definition) is 3. The first-order valence-corrected chi connectivity index (χ1v) is 10.1. The summed E-state index contributed by atoms with van der Waals surface area (Å²) in [5, 5.41) is 8.53. The smallest absolute Gasteiger partial charge is 0.408 e. The lowest BCUT2D eigenvalue weighted by Crippen LogP contribution is -2.37. The maximum absolute atomic E-state index is 12.2.